The van der Waals surface area contributed by atoms with Crippen molar-refractivity contribution in [3.63, 3.8) is 0 Å². The van der Waals surface area contributed by atoms with Crippen molar-refractivity contribution in [1.82, 2.24) is 19.9 Å². The van der Waals surface area contributed by atoms with E-state index >= 15 is 0 Å². The maximum absolute atomic E-state index is 5.29. The summed E-state index contributed by atoms with van der Waals surface area (Å²) in [6.07, 6.45) is 4.91. The summed E-state index contributed by atoms with van der Waals surface area (Å²) in [4.78, 5) is 18.9. The molecule has 1 saturated heterocycles. The van der Waals surface area contributed by atoms with Crippen LogP contribution in [0, 0.1) is 0 Å². The first-order valence-corrected chi connectivity index (χ1v) is 5.19. The average Bonchev–Trinajstić information content (AvgIpc) is 2.39. The molecule has 0 amide bonds. The van der Waals surface area contributed by atoms with Crippen LogP contribution in [0.25, 0.3) is 11.2 Å². The minimum atomic E-state index is 0.638. The third-order valence-corrected chi connectivity index (χ3v) is 2.55. The zero-order valence-electron chi connectivity index (χ0n) is 8.70. The van der Waals surface area contributed by atoms with E-state index in [2.05, 4.69) is 24.8 Å². The standard InChI is InChI=1S/C10H11N5O/c1-3-16-4-2-15(1)9-6-12-8-5-11-7-13-10(8)14-9/h5-7H,1-4H2. The van der Waals surface area contributed by atoms with Gasteiger partial charge in [-0.05, 0) is 0 Å². The molecule has 82 valence electrons. The number of fused-ring (bicyclic) bond motifs is 1. The van der Waals surface area contributed by atoms with Crippen molar-refractivity contribution in [3.05, 3.63) is 18.7 Å². The Bertz CT molecular complexity index is 497. The van der Waals surface area contributed by atoms with Crippen LogP contribution in [-0.4, -0.2) is 46.2 Å². The molecule has 16 heavy (non-hydrogen) atoms. The Balaban J connectivity index is 1.97. The van der Waals surface area contributed by atoms with Gasteiger partial charge in [-0.3, -0.25) is 0 Å². The van der Waals surface area contributed by atoms with E-state index in [4.69, 9.17) is 4.74 Å². The number of aromatic nitrogens is 4. The van der Waals surface area contributed by atoms with Crippen LogP contribution in [-0.2, 0) is 4.74 Å². The summed E-state index contributed by atoms with van der Waals surface area (Å²) < 4.78 is 5.29. The lowest BCUT2D eigenvalue weighted by molar-refractivity contribution is 0.122. The second-order valence-corrected chi connectivity index (χ2v) is 3.56. The monoisotopic (exact) mass is 217 g/mol. The van der Waals surface area contributed by atoms with E-state index in [1.54, 1.807) is 12.4 Å². The van der Waals surface area contributed by atoms with Crippen LogP contribution in [0.2, 0.25) is 0 Å². The first-order chi connectivity index (χ1) is 7.93. The molecule has 1 fully saturated rings. The zero-order chi connectivity index (χ0) is 10.8. The molecule has 0 unspecified atom stereocenters. The lowest BCUT2D eigenvalue weighted by Gasteiger charge is -2.27. The van der Waals surface area contributed by atoms with E-state index in [-0.39, 0.29) is 0 Å². The van der Waals surface area contributed by atoms with Crippen LogP contribution in [0.4, 0.5) is 5.82 Å². The van der Waals surface area contributed by atoms with Gasteiger partial charge in [-0.2, -0.15) is 0 Å². The Morgan fingerprint density at radius 2 is 2.00 bits per heavy atom. The average molecular weight is 217 g/mol. The smallest absolute Gasteiger partial charge is 0.183 e. The predicted octanol–water partition coefficient (Wildman–Crippen LogP) is 0.256. The Labute approximate surface area is 92.3 Å². The van der Waals surface area contributed by atoms with Crippen molar-refractivity contribution in [2.45, 2.75) is 0 Å². The number of morpholine rings is 1. The molecule has 0 bridgehead atoms. The SMILES string of the molecule is c1ncc2ncc(N3CCOCC3)nc2n1. The maximum atomic E-state index is 5.29. The zero-order valence-corrected chi connectivity index (χ0v) is 8.70. The molecule has 2 aromatic rings. The molecule has 1 aliphatic rings. The van der Waals surface area contributed by atoms with Gasteiger partial charge in [0.15, 0.2) is 5.65 Å². The van der Waals surface area contributed by atoms with Gasteiger partial charge in [0, 0.05) is 13.1 Å². The number of nitrogens with zero attached hydrogens (tertiary/aromatic N) is 5. The van der Waals surface area contributed by atoms with Crippen LogP contribution in [0.5, 0.6) is 0 Å². The van der Waals surface area contributed by atoms with Crippen molar-refractivity contribution < 1.29 is 4.74 Å². The van der Waals surface area contributed by atoms with Gasteiger partial charge in [-0.15, -0.1) is 0 Å². The van der Waals surface area contributed by atoms with E-state index in [1.165, 1.54) is 6.33 Å². The fraction of sp³-hybridized carbons (Fsp3) is 0.400. The Hall–Kier alpha value is -1.82. The second kappa shape index (κ2) is 3.97. The molecule has 2 aromatic heterocycles. The fourth-order valence-electron chi connectivity index (χ4n) is 1.70. The summed E-state index contributed by atoms with van der Waals surface area (Å²) in [5.74, 6) is 0.856. The van der Waals surface area contributed by atoms with Crippen LogP contribution < -0.4 is 4.90 Å². The minimum absolute atomic E-state index is 0.638. The summed E-state index contributed by atoms with van der Waals surface area (Å²) in [6, 6.07) is 0. The number of anilines is 1. The van der Waals surface area contributed by atoms with Gasteiger partial charge in [0.2, 0.25) is 0 Å². The van der Waals surface area contributed by atoms with Gasteiger partial charge < -0.3 is 9.64 Å². The van der Waals surface area contributed by atoms with Crippen LogP contribution in [0.15, 0.2) is 18.7 Å². The Morgan fingerprint density at radius 1 is 1.12 bits per heavy atom. The maximum Gasteiger partial charge on any atom is 0.183 e. The van der Waals surface area contributed by atoms with Crippen LogP contribution in [0.3, 0.4) is 0 Å². The van der Waals surface area contributed by atoms with Gasteiger partial charge >= 0.3 is 0 Å². The van der Waals surface area contributed by atoms with Gasteiger partial charge in [0.25, 0.3) is 0 Å². The molecule has 0 aliphatic carbocycles. The first-order valence-electron chi connectivity index (χ1n) is 5.19. The van der Waals surface area contributed by atoms with Crippen molar-refractivity contribution in [3.8, 4) is 0 Å². The highest BCUT2D eigenvalue weighted by molar-refractivity contribution is 5.69. The molecule has 6 nitrogen and oxygen atoms in total. The van der Waals surface area contributed by atoms with E-state index in [1.807, 2.05) is 0 Å². The number of hydrogen-bond donors (Lipinski definition) is 0. The molecule has 0 aromatic carbocycles. The van der Waals surface area contributed by atoms with E-state index < -0.39 is 0 Å². The topological polar surface area (TPSA) is 64.0 Å². The molecular formula is C10H11N5O. The molecule has 0 atom stereocenters. The third-order valence-electron chi connectivity index (χ3n) is 2.55. The van der Waals surface area contributed by atoms with E-state index in [9.17, 15) is 0 Å². The molecule has 3 rings (SSSR count). The highest BCUT2D eigenvalue weighted by Gasteiger charge is 2.13. The number of ether oxygens (including phenoxy) is 1. The van der Waals surface area contributed by atoms with Crippen molar-refractivity contribution >= 4 is 17.0 Å². The summed E-state index contributed by atoms with van der Waals surface area (Å²) >= 11 is 0. The lowest BCUT2D eigenvalue weighted by atomic mass is 10.4. The minimum Gasteiger partial charge on any atom is -0.378 e. The van der Waals surface area contributed by atoms with Gasteiger partial charge in [-0.1, -0.05) is 0 Å². The second-order valence-electron chi connectivity index (χ2n) is 3.56. The fourth-order valence-corrected chi connectivity index (χ4v) is 1.70. The summed E-state index contributed by atoms with van der Waals surface area (Å²) in [6.45, 7) is 3.18. The third kappa shape index (κ3) is 1.67. The highest BCUT2D eigenvalue weighted by atomic mass is 16.5. The quantitative estimate of drug-likeness (QED) is 0.682. The molecule has 0 saturated carbocycles. The Kier molecular flexibility index (Phi) is 2.34. The molecule has 0 N–H and O–H groups in total. The molecule has 1 aliphatic heterocycles. The van der Waals surface area contributed by atoms with E-state index in [0.717, 1.165) is 37.6 Å². The van der Waals surface area contributed by atoms with E-state index in [0.29, 0.717) is 5.65 Å². The number of rotatable bonds is 1. The van der Waals surface area contributed by atoms with Crippen molar-refractivity contribution in [1.29, 1.82) is 0 Å². The van der Waals surface area contributed by atoms with Gasteiger partial charge in [0.05, 0.1) is 25.6 Å². The normalized spacial score (nSPS) is 16.6. The summed E-state index contributed by atoms with van der Waals surface area (Å²) in [7, 11) is 0. The largest absolute Gasteiger partial charge is 0.378 e. The lowest BCUT2D eigenvalue weighted by Crippen LogP contribution is -2.36. The van der Waals surface area contributed by atoms with Crippen molar-refractivity contribution in [2.24, 2.45) is 0 Å². The molecule has 0 radical (unpaired) electrons. The van der Waals surface area contributed by atoms with Gasteiger partial charge in [-0.25, -0.2) is 19.9 Å². The summed E-state index contributed by atoms with van der Waals surface area (Å²) in [5.41, 5.74) is 1.36. The highest BCUT2D eigenvalue weighted by Crippen LogP contribution is 2.13. The predicted molar refractivity (Wildman–Crippen MR) is 58.2 cm³/mol. The van der Waals surface area contributed by atoms with Gasteiger partial charge in [0.1, 0.15) is 17.7 Å². The number of hydrogen-bond acceptors (Lipinski definition) is 6. The molecule has 6 heteroatoms. The first kappa shape index (κ1) is 9.41. The van der Waals surface area contributed by atoms with Crippen molar-refractivity contribution in [2.75, 3.05) is 31.2 Å². The van der Waals surface area contributed by atoms with Crippen LogP contribution in [0.1, 0.15) is 0 Å². The molecule has 3 heterocycles. The molecule has 0 spiro atoms. The Morgan fingerprint density at radius 3 is 2.88 bits per heavy atom. The van der Waals surface area contributed by atoms with Crippen LogP contribution >= 0.6 is 0 Å². The summed E-state index contributed by atoms with van der Waals surface area (Å²) in [5, 5.41) is 0. The molecular weight excluding hydrogens is 206 g/mol.